The van der Waals surface area contributed by atoms with E-state index < -0.39 is 0 Å². The molecule has 0 atom stereocenters. The first kappa shape index (κ1) is 29.5. The molecule has 0 spiro atoms. The molecule has 0 aliphatic rings. The van der Waals surface area contributed by atoms with E-state index in [0.717, 1.165) is 0 Å². The second kappa shape index (κ2) is 22.5. The van der Waals surface area contributed by atoms with Gasteiger partial charge in [-0.2, -0.15) is 0 Å². The maximum Gasteiger partial charge on any atom is 1.00 e. The van der Waals surface area contributed by atoms with Crippen LogP contribution in [0.4, 0.5) is 0 Å². The summed E-state index contributed by atoms with van der Waals surface area (Å²) in [5, 5.41) is 0. The molecule has 0 aromatic rings. The predicted octanol–water partition coefficient (Wildman–Crippen LogP) is -11.5. The minimum Gasteiger partial charge on any atom is -1.00 e. The maximum absolute atomic E-state index is 0. The molecule has 0 aromatic heterocycles. The van der Waals surface area contributed by atoms with Gasteiger partial charge in [-0.15, -0.1) is 0 Å². The number of hydrogen-bond donors (Lipinski definition) is 0. The molecular weight excluding hydrogens is 222 g/mol. The van der Waals surface area contributed by atoms with E-state index in [1.54, 1.807) is 0 Å². The Morgan fingerprint density at radius 2 is 0.600 bits per heavy atom. The van der Waals surface area contributed by atoms with Gasteiger partial charge in [-0.3, -0.25) is 0 Å². The molecule has 0 amide bonds. The van der Waals surface area contributed by atoms with E-state index in [4.69, 9.17) is 0 Å². The van der Waals surface area contributed by atoms with E-state index >= 15 is 0 Å². The summed E-state index contributed by atoms with van der Waals surface area (Å²) in [7, 11) is 0. The molecule has 0 nitrogen and oxygen atoms in total. The molecule has 0 N–H and O–H groups in total. The maximum atomic E-state index is 0. The summed E-state index contributed by atoms with van der Waals surface area (Å²) in [6.07, 6.45) is 0. The van der Waals surface area contributed by atoms with E-state index in [1.807, 2.05) is 0 Å². The van der Waals surface area contributed by atoms with Crippen LogP contribution in [0, 0.1) is 0 Å². The van der Waals surface area contributed by atoms with Gasteiger partial charge in [-0.1, -0.05) is 0 Å². The summed E-state index contributed by atoms with van der Waals surface area (Å²) >= 11 is 0. The first-order valence-electron chi connectivity index (χ1n) is 0. The quantitative estimate of drug-likeness (QED) is 0.360. The third-order valence-electron chi connectivity index (χ3n) is 0. The van der Waals surface area contributed by atoms with E-state index in [-0.39, 0.29) is 231 Å². The van der Waals surface area contributed by atoms with Gasteiger partial charge in [0.1, 0.15) is 0 Å². The zero-order valence-electron chi connectivity index (χ0n) is 8.71. The molecule has 0 radical (unpaired) electrons. The van der Waals surface area contributed by atoms with Crippen molar-refractivity contribution >= 4 is 0 Å². The summed E-state index contributed by atoms with van der Waals surface area (Å²) in [4.78, 5) is 0. The van der Waals surface area contributed by atoms with Crippen LogP contribution in [0.25, 0.3) is 0 Å². The SMILES string of the molecule is [H-].[H-].[H-].[H-].[K+].[K+].[K+].[K+].[Zn]. The van der Waals surface area contributed by atoms with Crippen molar-refractivity contribution in [1.82, 2.24) is 0 Å². The first-order valence-corrected chi connectivity index (χ1v) is 0. The molecule has 0 fully saturated rings. The zero-order chi connectivity index (χ0) is 0. The van der Waals surface area contributed by atoms with E-state index in [2.05, 4.69) is 0 Å². The standard InChI is InChI=1S/4K.Zn.4H/q4*+1;;4*-1. The molecule has 5 heavy (non-hydrogen) atoms. The van der Waals surface area contributed by atoms with Crippen LogP contribution < -0.4 is 206 Å². The predicted molar refractivity (Wildman–Crippen MR) is 4.45 cm³/mol. The average molecular weight is 226 g/mol. The summed E-state index contributed by atoms with van der Waals surface area (Å²) in [6, 6.07) is 0. The number of rotatable bonds is 0. The van der Waals surface area contributed by atoms with Gasteiger partial charge in [-0.05, 0) is 0 Å². The largest absolute Gasteiger partial charge is 1.00 e. The van der Waals surface area contributed by atoms with Crippen LogP contribution >= 0.6 is 0 Å². The smallest absolute Gasteiger partial charge is 1.00 e. The molecule has 0 aliphatic heterocycles. The molecular formula is H4K4Zn. The van der Waals surface area contributed by atoms with Crippen molar-refractivity contribution in [2.24, 2.45) is 0 Å². The summed E-state index contributed by atoms with van der Waals surface area (Å²) in [5.41, 5.74) is 0. The zero-order valence-corrected chi connectivity index (χ0v) is 20.2. The van der Waals surface area contributed by atoms with Crippen molar-refractivity contribution in [2.45, 2.75) is 0 Å². The van der Waals surface area contributed by atoms with E-state index in [9.17, 15) is 0 Å². The van der Waals surface area contributed by atoms with Crippen LogP contribution in [-0.4, -0.2) is 0 Å². The van der Waals surface area contributed by atoms with Crippen LogP contribution in [0.5, 0.6) is 0 Å². The molecule has 0 bridgehead atoms. The van der Waals surface area contributed by atoms with Gasteiger partial charge in [0.2, 0.25) is 0 Å². The monoisotopic (exact) mass is 224 g/mol. The van der Waals surface area contributed by atoms with Crippen molar-refractivity contribution < 1.29 is 231 Å². The minimum absolute atomic E-state index is 0. The molecule has 0 saturated heterocycles. The summed E-state index contributed by atoms with van der Waals surface area (Å²) < 4.78 is 0. The van der Waals surface area contributed by atoms with Crippen molar-refractivity contribution in [3.05, 3.63) is 0 Å². The second-order valence-corrected chi connectivity index (χ2v) is 0. The van der Waals surface area contributed by atoms with Gasteiger partial charge >= 0.3 is 206 Å². The minimum atomic E-state index is 0. The molecule has 0 aliphatic carbocycles. The summed E-state index contributed by atoms with van der Waals surface area (Å²) in [5.74, 6) is 0. The van der Waals surface area contributed by atoms with Gasteiger partial charge in [0, 0.05) is 19.5 Å². The Balaban J connectivity index is 0. The Morgan fingerprint density at radius 3 is 0.600 bits per heavy atom. The second-order valence-electron chi connectivity index (χ2n) is 0. The van der Waals surface area contributed by atoms with Gasteiger partial charge in [0.15, 0.2) is 0 Å². The fraction of sp³-hybridized carbons (Fsp3) is 0. The topological polar surface area (TPSA) is 0 Å². The van der Waals surface area contributed by atoms with Crippen molar-refractivity contribution in [2.75, 3.05) is 0 Å². The van der Waals surface area contributed by atoms with E-state index in [0.29, 0.717) is 0 Å². The Kier molecular flexibility index (Phi) is 133. The molecule has 10 valence electrons. The Labute approximate surface area is 222 Å². The van der Waals surface area contributed by atoms with Crippen LogP contribution in [0.3, 0.4) is 0 Å². The first-order chi connectivity index (χ1) is 0. The Hall–Kier alpha value is 7.17. The third-order valence-corrected chi connectivity index (χ3v) is 0. The normalized spacial score (nSPS) is 0. The van der Waals surface area contributed by atoms with Crippen LogP contribution in [0.1, 0.15) is 5.71 Å². The van der Waals surface area contributed by atoms with Gasteiger partial charge in [0.05, 0.1) is 0 Å². The van der Waals surface area contributed by atoms with E-state index in [1.165, 1.54) is 0 Å². The molecule has 0 rings (SSSR count). The fourth-order valence-corrected chi connectivity index (χ4v) is 0. The van der Waals surface area contributed by atoms with Gasteiger partial charge < -0.3 is 5.71 Å². The molecule has 0 unspecified atom stereocenters. The van der Waals surface area contributed by atoms with Crippen LogP contribution in [-0.2, 0) is 19.5 Å². The third kappa shape index (κ3) is 18.3. The van der Waals surface area contributed by atoms with Crippen molar-refractivity contribution in [3.8, 4) is 0 Å². The Bertz CT molecular complexity index is 12.5. The number of hydrogen-bond acceptors (Lipinski definition) is 0. The van der Waals surface area contributed by atoms with Crippen LogP contribution in [0.15, 0.2) is 0 Å². The average Bonchev–Trinajstić information content (AvgIpc) is 0. The van der Waals surface area contributed by atoms with Gasteiger partial charge in [-0.25, -0.2) is 0 Å². The molecule has 0 saturated carbocycles. The van der Waals surface area contributed by atoms with Crippen molar-refractivity contribution in [1.29, 1.82) is 0 Å². The van der Waals surface area contributed by atoms with Crippen LogP contribution in [0.2, 0.25) is 0 Å². The summed E-state index contributed by atoms with van der Waals surface area (Å²) in [6.45, 7) is 0. The molecule has 5 heteroatoms. The van der Waals surface area contributed by atoms with Gasteiger partial charge in [0.25, 0.3) is 0 Å². The Morgan fingerprint density at radius 1 is 0.600 bits per heavy atom. The van der Waals surface area contributed by atoms with Crippen molar-refractivity contribution in [3.63, 3.8) is 0 Å². The fourth-order valence-electron chi connectivity index (χ4n) is 0. The molecule has 0 aromatic carbocycles. The molecule has 0 heterocycles.